The molecule has 3 aromatic carbocycles. The molecule has 0 radical (unpaired) electrons. The Labute approximate surface area is 247 Å². The maximum Gasteiger partial charge on any atom is 0.271 e. The fourth-order valence-electron chi connectivity index (χ4n) is 4.86. The number of benzene rings is 3. The average molecular weight is 635 g/mol. The van der Waals surface area contributed by atoms with Gasteiger partial charge in [-0.3, -0.25) is 14.2 Å². The van der Waals surface area contributed by atoms with Crippen LogP contribution in [0.25, 0.3) is 6.08 Å². The first-order valence-electron chi connectivity index (χ1n) is 12.6. The number of anilines is 1. The summed E-state index contributed by atoms with van der Waals surface area (Å²) in [6, 6.07) is 17.3. The molecule has 0 bridgehead atoms. The Hall–Kier alpha value is -4.35. The quantitative estimate of drug-likeness (QED) is 0.338. The number of aromatic nitrogens is 1. The molecule has 0 aliphatic carbocycles. The number of carbonyl (C=O) groups is 1. The lowest BCUT2D eigenvalue weighted by atomic mass is 9.94. The van der Waals surface area contributed by atoms with Crippen molar-refractivity contribution in [3.63, 3.8) is 0 Å². The van der Waals surface area contributed by atoms with E-state index in [-0.39, 0.29) is 18.3 Å². The number of thiazole rings is 1. The van der Waals surface area contributed by atoms with Crippen molar-refractivity contribution in [1.82, 2.24) is 4.57 Å². The van der Waals surface area contributed by atoms with Crippen molar-refractivity contribution in [3.05, 3.63) is 107 Å². The van der Waals surface area contributed by atoms with Crippen LogP contribution in [0.3, 0.4) is 0 Å². The standard InChI is InChI=1S/C30H24BrN3O6S/c1-16-26(28(35)33-18-7-5-4-6-8-18)27(20-10-9-19(37-2)13-22(20)38-3)34-29(36)25(41-30(34)32-16)12-17-11-23-24(14-21(17)31)40-15-39-23/h4-14,27H,15H2,1-3H3,(H,33,35)/b25-12-/t27-/m1/s1. The summed E-state index contributed by atoms with van der Waals surface area (Å²) >= 11 is 4.81. The van der Waals surface area contributed by atoms with Gasteiger partial charge in [-0.1, -0.05) is 45.5 Å². The van der Waals surface area contributed by atoms with Crippen molar-refractivity contribution in [2.75, 3.05) is 26.3 Å². The smallest absolute Gasteiger partial charge is 0.271 e. The molecule has 6 rings (SSSR count). The topological polar surface area (TPSA) is 100 Å². The summed E-state index contributed by atoms with van der Waals surface area (Å²) in [5.74, 6) is 1.92. The van der Waals surface area contributed by atoms with E-state index in [1.165, 1.54) is 11.3 Å². The van der Waals surface area contributed by atoms with Crippen molar-refractivity contribution in [2.24, 2.45) is 4.99 Å². The molecule has 2 aliphatic rings. The number of ether oxygens (including phenoxy) is 4. The summed E-state index contributed by atoms with van der Waals surface area (Å²) < 4.78 is 24.8. The zero-order valence-corrected chi connectivity index (χ0v) is 24.7. The lowest BCUT2D eigenvalue weighted by molar-refractivity contribution is -0.113. The summed E-state index contributed by atoms with van der Waals surface area (Å²) in [6.45, 7) is 1.92. The first-order valence-corrected chi connectivity index (χ1v) is 14.2. The van der Waals surface area contributed by atoms with Gasteiger partial charge >= 0.3 is 0 Å². The number of nitrogens with one attached hydrogen (secondary N) is 1. The average Bonchev–Trinajstić information content (AvgIpc) is 3.55. The van der Waals surface area contributed by atoms with E-state index in [4.69, 9.17) is 23.9 Å². The minimum absolute atomic E-state index is 0.143. The van der Waals surface area contributed by atoms with Gasteiger partial charge in [0.25, 0.3) is 11.5 Å². The first-order chi connectivity index (χ1) is 19.9. The Balaban J connectivity index is 1.54. The van der Waals surface area contributed by atoms with Crippen molar-refractivity contribution in [2.45, 2.75) is 13.0 Å². The highest BCUT2D eigenvalue weighted by molar-refractivity contribution is 9.10. The fourth-order valence-corrected chi connectivity index (χ4v) is 6.33. The van der Waals surface area contributed by atoms with E-state index in [0.717, 1.165) is 10.0 Å². The van der Waals surface area contributed by atoms with Gasteiger partial charge in [0.05, 0.1) is 30.0 Å². The second-order valence-electron chi connectivity index (χ2n) is 9.24. The molecule has 11 heteroatoms. The molecule has 0 saturated carbocycles. The molecule has 0 spiro atoms. The molecule has 208 valence electrons. The van der Waals surface area contributed by atoms with Gasteiger partial charge in [-0.25, -0.2) is 4.99 Å². The number of para-hydroxylation sites is 1. The Morgan fingerprint density at radius 1 is 1.10 bits per heavy atom. The van der Waals surface area contributed by atoms with Gasteiger partial charge in [0.1, 0.15) is 17.5 Å². The number of carbonyl (C=O) groups excluding carboxylic acids is 1. The van der Waals surface area contributed by atoms with E-state index < -0.39 is 6.04 Å². The van der Waals surface area contributed by atoms with Gasteiger partial charge in [0, 0.05) is 21.8 Å². The number of rotatable bonds is 6. The molecule has 1 aromatic heterocycles. The number of allylic oxidation sites excluding steroid dienone is 1. The number of amides is 1. The third-order valence-corrected chi connectivity index (χ3v) is 8.48. The van der Waals surface area contributed by atoms with Crippen LogP contribution in [-0.2, 0) is 4.79 Å². The number of fused-ring (bicyclic) bond motifs is 2. The molecule has 41 heavy (non-hydrogen) atoms. The summed E-state index contributed by atoms with van der Waals surface area (Å²) in [5.41, 5.74) is 2.54. The van der Waals surface area contributed by atoms with Crippen molar-refractivity contribution in [1.29, 1.82) is 0 Å². The SMILES string of the molecule is COc1ccc([C@@H]2C(C(=O)Nc3ccccc3)=C(C)N=c3s/c(=C\c4cc5c(cc4Br)OCO5)c(=O)n32)c(OC)c1. The number of hydrogen-bond acceptors (Lipinski definition) is 8. The highest BCUT2D eigenvalue weighted by Gasteiger charge is 2.34. The predicted octanol–water partition coefficient (Wildman–Crippen LogP) is 4.38. The molecular weight excluding hydrogens is 610 g/mol. The highest BCUT2D eigenvalue weighted by Crippen LogP contribution is 2.39. The number of hydrogen-bond donors (Lipinski definition) is 1. The van der Waals surface area contributed by atoms with Gasteiger partial charge < -0.3 is 24.3 Å². The summed E-state index contributed by atoms with van der Waals surface area (Å²) in [7, 11) is 3.11. The normalized spacial score (nSPS) is 15.8. The van der Waals surface area contributed by atoms with Crippen LogP contribution in [0.1, 0.15) is 24.1 Å². The second-order valence-corrected chi connectivity index (χ2v) is 11.1. The number of nitrogens with zero attached hydrogens (tertiary/aromatic N) is 2. The summed E-state index contributed by atoms with van der Waals surface area (Å²) in [6.07, 6.45) is 1.78. The molecule has 9 nitrogen and oxygen atoms in total. The van der Waals surface area contributed by atoms with Gasteiger partial charge in [0.2, 0.25) is 6.79 Å². The minimum atomic E-state index is -0.807. The minimum Gasteiger partial charge on any atom is -0.497 e. The molecule has 1 atom stereocenters. The molecular formula is C30H24BrN3O6S. The second kappa shape index (κ2) is 10.9. The van der Waals surface area contributed by atoms with Crippen LogP contribution in [0.15, 0.2) is 86.2 Å². The van der Waals surface area contributed by atoms with E-state index in [2.05, 4.69) is 21.2 Å². The fraction of sp³-hybridized carbons (Fsp3) is 0.167. The van der Waals surface area contributed by atoms with Crippen molar-refractivity contribution in [3.8, 4) is 23.0 Å². The van der Waals surface area contributed by atoms with Gasteiger partial charge in [-0.05, 0) is 55.0 Å². The molecule has 0 saturated heterocycles. The maximum atomic E-state index is 14.1. The van der Waals surface area contributed by atoms with Crippen LogP contribution in [0, 0.1) is 0 Å². The largest absolute Gasteiger partial charge is 0.497 e. The van der Waals surface area contributed by atoms with Crippen LogP contribution in [0.4, 0.5) is 5.69 Å². The zero-order valence-electron chi connectivity index (χ0n) is 22.3. The Morgan fingerprint density at radius 2 is 1.85 bits per heavy atom. The Morgan fingerprint density at radius 3 is 2.59 bits per heavy atom. The molecule has 3 heterocycles. The van der Waals surface area contributed by atoms with Crippen LogP contribution in [-0.4, -0.2) is 31.5 Å². The molecule has 0 fully saturated rings. The molecule has 1 N–H and O–H groups in total. The van der Waals surface area contributed by atoms with E-state index in [1.807, 2.05) is 36.4 Å². The lowest BCUT2D eigenvalue weighted by Crippen LogP contribution is -2.40. The maximum absolute atomic E-state index is 14.1. The monoisotopic (exact) mass is 633 g/mol. The first kappa shape index (κ1) is 26.9. The zero-order chi connectivity index (χ0) is 28.7. The molecule has 4 aromatic rings. The van der Waals surface area contributed by atoms with Crippen LogP contribution in [0.2, 0.25) is 0 Å². The highest BCUT2D eigenvalue weighted by atomic mass is 79.9. The lowest BCUT2D eigenvalue weighted by Gasteiger charge is -2.26. The number of halogens is 1. The van der Waals surface area contributed by atoms with E-state index in [1.54, 1.807) is 56.1 Å². The Kier molecular flexibility index (Phi) is 7.14. The molecule has 1 amide bonds. The third-order valence-electron chi connectivity index (χ3n) is 6.81. The molecule has 0 unspecified atom stereocenters. The van der Waals surface area contributed by atoms with Gasteiger partial charge in [-0.15, -0.1) is 0 Å². The van der Waals surface area contributed by atoms with Crippen LogP contribution >= 0.6 is 27.3 Å². The van der Waals surface area contributed by atoms with E-state index in [9.17, 15) is 9.59 Å². The van der Waals surface area contributed by atoms with Crippen molar-refractivity contribution >= 4 is 44.9 Å². The van der Waals surface area contributed by atoms with Crippen LogP contribution < -0.4 is 39.2 Å². The van der Waals surface area contributed by atoms with E-state index >= 15 is 0 Å². The van der Waals surface area contributed by atoms with Crippen molar-refractivity contribution < 1.29 is 23.7 Å². The Bertz CT molecular complexity index is 1900. The summed E-state index contributed by atoms with van der Waals surface area (Å²) in [4.78, 5) is 33.1. The number of methoxy groups -OCH3 is 2. The summed E-state index contributed by atoms with van der Waals surface area (Å²) in [5, 5.41) is 2.96. The van der Waals surface area contributed by atoms with Crippen LogP contribution in [0.5, 0.6) is 23.0 Å². The molecule has 2 aliphatic heterocycles. The third kappa shape index (κ3) is 4.91. The van der Waals surface area contributed by atoms with Gasteiger partial charge in [0.15, 0.2) is 16.3 Å². The van der Waals surface area contributed by atoms with Gasteiger partial charge in [-0.2, -0.15) is 0 Å². The van der Waals surface area contributed by atoms with E-state index in [0.29, 0.717) is 54.9 Å². The predicted molar refractivity (Wildman–Crippen MR) is 159 cm³/mol.